The van der Waals surface area contributed by atoms with E-state index >= 15 is 0 Å². The predicted molar refractivity (Wildman–Crippen MR) is 133 cm³/mol. The minimum atomic E-state index is -0.630. The molecule has 0 spiro atoms. The van der Waals surface area contributed by atoms with Crippen molar-refractivity contribution in [3.8, 4) is 5.75 Å². The molecule has 0 saturated heterocycles. The molecule has 11 heteroatoms. The highest BCUT2D eigenvalue weighted by Crippen LogP contribution is 2.34. The van der Waals surface area contributed by atoms with Crippen molar-refractivity contribution in [2.75, 3.05) is 70.7 Å². The third-order valence-corrected chi connectivity index (χ3v) is 5.93. The van der Waals surface area contributed by atoms with Crippen molar-refractivity contribution in [1.82, 2.24) is 19.8 Å². The van der Waals surface area contributed by atoms with Gasteiger partial charge in [0, 0.05) is 52.6 Å². The van der Waals surface area contributed by atoms with Gasteiger partial charge in [-0.05, 0) is 18.6 Å². The number of carbonyl (C=O) groups excluding carboxylic acids is 2. The van der Waals surface area contributed by atoms with Crippen LogP contribution >= 0.6 is 0 Å². The van der Waals surface area contributed by atoms with Gasteiger partial charge >= 0.3 is 0 Å². The summed E-state index contributed by atoms with van der Waals surface area (Å²) in [5.41, 5.74) is 1.33. The van der Waals surface area contributed by atoms with Gasteiger partial charge in [-0.15, -0.1) is 0 Å². The summed E-state index contributed by atoms with van der Waals surface area (Å²) in [5.74, 6) is 0.874. The fraction of sp³-hybridized carbons (Fsp3) is 0.458. The standard InChI is InChI=1S/C24H31N7O4/c1-30-9-7-25-22-21-19(24(33)29-23(21)28-16-27-22)14-26-17-5-3-6-18(13-17)35-11-4-8-31(10-12-34-2)15-20(30)32/h3,5-6,13-14,16,19H,4,7-12,15H2,1-2H3,(H2,25,27,28,29,33). The van der Waals surface area contributed by atoms with Gasteiger partial charge in [0.2, 0.25) is 11.8 Å². The molecule has 0 radical (unpaired) electrons. The molecule has 186 valence electrons. The molecular weight excluding hydrogens is 450 g/mol. The van der Waals surface area contributed by atoms with E-state index < -0.39 is 5.92 Å². The minimum Gasteiger partial charge on any atom is -0.493 e. The first-order valence-electron chi connectivity index (χ1n) is 11.7. The Labute approximate surface area is 204 Å². The molecule has 0 saturated carbocycles. The van der Waals surface area contributed by atoms with Gasteiger partial charge < -0.3 is 25.0 Å². The maximum Gasteiger partial charge on any atom is 0.238 e. The van der Waals surface area contributed by atoms with E-state index in [9.17, 15) is 9.59 Å². The number of nitrogens with zero attached hydrogens (tertiary/aromatic N) is 5. The Balaban J connectivity index is 1.58. The molecule has 0 aliphatic carbocycles. The van der Waals surface area contributed by atoms with Gasteiger partial charge in [0.05, 0.1) is 31.0 Å². The van der Waals surface area contributed by atoms with E-state index in [0.29, 0.717) is 74.6 Å². The largest absolute Gasteiger partial charge is 0.493 e. The molecule has 1 unspecified atom stereocenters. The number of hydrogen-bond donors (Lipinski definition) is 2. The predicted octanol–water partition coefficient (Wildman–Crippen LogP) is 1.52. The third-order valence-electron chi connectivity index (χ3n) is 5.93. The van der Waals surface area contributed by atoms with Gasteiger partial charge in [0.15, 0.2) is 0 Å². The molecule has 35 heavy (non-hydrogen) atoms. The van der Waals surface area contributed by atoms with Crippen LogP contribution in [0.4, 0.5) is 17.3 Å². The number of likely N-dealkylation sites (N-methyl/N-ethyl adjacent to an activating group) is 1. The van der Waals surface area contributed by atoms with Gasteiger partial charge in [-0.25, -0.2) is 9.97 Å². The number of aromatic nitrogens is 2. The van der Waals surface area contributed by atoms with Crippen molar-refractivity contribution in [1.29, 1.82) is 0 Å². The quantitative estimate of drug-likeness (QED) is 0.677. The zero-order chi connectivity index (χ0) is 24.6. The molecule has 2 aromatic rings. The second-order valence-electron chi connectivity index (χ2n) is 8.44. The minimum absolute atomic E-state index is 0.0178. The number of hydrogen-bond acceptors (Lipinski definition) is 9. The maximum absolute atomic E-state index is 12.8. The molecule has 4 rings (SSSR count). The number of carbonyl (C=O) groups is 2. The lowest BCUT2D eigenvalue weighted by Crippen LogP contribution is -2.42. The van der Waals surface area contributed by atoms with Crippen LogP contribution in [0.15, 0.2) is 35.6 Å². The average molecular weight is 482 g/mol. The van der Waals surface area contributed by atoms with Crippen molar-refractivity contribution in [2.45, 2.75) is 12.3 Å². The van der Waals surface area contributed by atoms with Crippen LogP contribution in [-0.2, 0) is 14.3 Å². The number of ether oxygens (including phenoxy) is 2. The molecular formula is C24H31N7O4. The van der Waals surface area contributed by atoms with Crippen LogP contribution in [0.25, 0.3) is 0 Å². The topological polar surface area (TPSA) is 121 Å². The Bertz CT molecular complexity index is 1080. The molecule has 0 fully saturated rings. The first-order chi connectivity index (χ1) is 17.0. The van der Waals surface area contributed by atoms with E-state index in [-0.39, 0.29) is 11.8 Å². The van der Waals surface area contributed by atoms with Gasteiger partial charge in [0.1, 0.15) is 29.6 Å². The molecule has 1 aromatic heterocycles. The van der Waals surface area contributed by atoms with Gasteiger partial charge in [-0.1, -0.05) is 6.07 Å². The highest BCUT2D eigenvalue weighted by Gasteiger charge is 2.33. The van der Waals surface area contributed by atoms with Crippen LogP contribution in [0, 0.1) is 0 Å². The molecule has 2 amide bonds. The Morgan fingerprint density at radius 1 is 1.20 bits per heavy atom. The average Bonchev–Trinajstić information content (AvgIpc) is 3.18. The highest BCUT2D eigenvalue weighted by molar-refractivity contribution is 6.13. The zero-order valence-corrected chi connectivity index (χ0v) is 20.1. The zero-order valence-electron chi connectivity index (χ0n) is 20.1. The summed E-state index contributed by atoms with van der Waals surface area (Å²) in [6.45, 7) is 3.67. The summed E-state index contributed by atoms with van der Waals surface area (Å²) < 4.78 is 11.1. The molecule has 1 aromatic carbocycles. The Kier molecular flexibility index (Phi) is 8.22. The van der Waals surface area contributed by atoms with E-state index in [2.05, 4.69) is 30.5 Å². The second-order valence-corrected chi connectivity index (χ2v) is 8.44. The highest BCUT2D eigenvalue weighted by atomic mass is 16.5. The van der Waals surface area contributed by atoms with Crippen molar-refractivity contribution >= 4 is 35.4 Å². The van der Waals surface area contributed by atoms with Crippen molar-refractivity contribution in [3.05, 3.63) is 36.2 Å². The smallest absolute Gasteiger partial charge is 0.238 e. The van der Waals surface area contributed by atoms with Gasteiger partial charge in [0.25, 0.3) is 0 Å². The lowest BCUT2D eigenvalue weighted by Gasteiger charge is -2.25. The van der Waals surface area contributed by atoms with Crippen LogP contribution in [0.3, 0.4) is 0 Å². The molecule has 2 aliphatic rings. The van der Waals surface area contributed by atoms with Crippen molar-refractivity contribution < 1.29 is 19.1 Å². The number of fused-ring (bicyclic) bond motifs is 2. The van der Waals surface area contributed by atoms with Crippen LogP contribution in [0.2, 0.25) is 0 Å². The SMILES string of the molecule is COCCN1CCCOc2cccc(c2)N=CC2C(=O)Nc3ncnc(c32)NCCN(C)C(=O)C1. The lowest BCUT2D eigenvalue weighted by atomic mass is 10.0. The molecule has 3 heterocycles. The van der Waals surface area contributed by atoms with E-state index in [1.165, 1.54) is 6.33 Å². The van der Waals surface area contributed by atoms with Crippen molar-refractivity contribution in [2.24, 2.45) is 4.99 Å². The summed E-state index contributed by atoms with van der Waals surface area (Å²) >= 11 is 0. The fourth-order valence-corrected chi connectivity index (χ4v) is 3.96. The van der Waals surface area contributed by atoms with Gasteiger partial charge in [-0.2, -0.15) is 0 Å². The Morgan fingerprint density at radius 2 is 2.06 bits per heavy atom. The number of methoxy groups -OCH3 is 1. The normalized spacial score (nSPS) is 19.6. The molecule has 2 bridgehead atoms. The number of benzene rings is 1. The van der Waals surface area contributed by atoms with Crippen LogP contribution in [-0.4, -0.2) is 97.9 Å². The first kappa shape index (κ1) is 24.6. The summed E-state index contributed by atoms with van der Waals surface area (Å²) in [6.07, 6.45) is 3.76. The monoisotopic (exact) mass is 481 g/mol. The van der Waals surface area contributed by atoms with E-state index in [4.69, 9.17) is 9.47 Å². The Morgan fingerprint density at radius 3 is 2.91 bits per heavy atom. The summed E-state index contributed by atoms with van der Waals surface area (Å²) in [6, 6.07) is 7.42. The number of aliphatic imine (C=N–C) groups is 1. The second kappa shape index (κ2) is 11.7. The Hall–Kier alpha value is -3.57. The molecule has 2 N–H and O–H groups in total. The first-order valence-corrected chi connectivity index (χ1v) is 11.7. The van der Waals surface area contributed by atoms with Crippen LogP contribution < -0.4 is 15.4 Å². The van der Waals surface area contributed by atoms with Crippen molar-refractivity contribution in [3.63, 3.8) is 0 Å². The molecule has 11 nitrogen and oxygen atoms in total. The number of rotatable bonds is 3. The summed E-state index contributed by atoms with van der Waals surface area (Å²) in [5, 5.41) is 6.05. The van der Waals surface area contributed by atoms with E-state index in [1.807, 2.05) is 24.3 Å². The van der Waals surface area contributed by atoms with Crippen LogP contribution in [0.1, 0.15) is 17.9 Å². The van der Waals surface area contributed by atoms with E-state index in [0.717, 1.165) is 6.42 Å². The summed E-state index contributed by atoms with van der Waals surface area (Å²) in [7, 11) is 3.43. The summed E-state index contributed by atoms with van der Waals surface area (Å²) in [4.78, 5) is 42.3. The van der Waals surface area contributed by atoms with E-state index in [1.54, 1.807) is 25.3 Å². The van der Waals surface area contributed by atoms with Crippen LogP contribution in [0.5, 0.6) is 5.75 Å². The number of nitrogens with one attached hydrogen (secondary N) is 2. The maximum atomic E-state index is 12.8. The lowest BCUT2D eigenvalue weighted by molar-refractivity contribution is -0.131. The third kappa shape index (κ3) is 6.31. The molecule has 1 atom stereocenters. The molecule has 2 aliphatic heterocycles. The fourth-order valence-electron chi connectivity index (χ4n) is 3.96. The number of amides is 2. The number of anilines is 2. The van der Waals surface area contributed by atoms with Gasteiger partial charge in [-0.3, -0.25) is 19.5 Å².